The fourth-order valence-corrected chi connectivity index (χ4v) is 8.01. The fourth-order valence-electron chi connectivity index (χ4n) is 8.01. The highest BCUT2D eigenvalue weighted by Gasteiger charge is 2.20. The molecule has 0 saturated carbocycles. The monoisotopic (exact) mass is 662 g/mol. The highest BCUT2D eigenvalue weighted by molar-refractivity contribution is 6.17. The van der Waals surface area contributed by atoms with Crippen molar-refractivity contribution < 1.29 is 0 Å². The van der Waals surface area contributed by atoms with E-state index in [1.54, 1.807) is 0 Å². The molecular formula is C50H34N2. The maximum Gasteiger partial charge on any atom is 0.0547 e. The Morgan fingerprint density at radius 1 is 0.346 bits per heavy atom. The van der Waals surface area contributed by atoms with E-state index in [0.717, 1.165) is 22.7 Å². The molecule has 0 aliphatic heterocycles. The first-order chi connectivity index (χ1) is 25.8. The number of hydrogen-bond donors (Lipinski definition) is 0. The van der Waals surface area contributed by atoms with Crippen LogP contribution in [-0.2, 0) is 0 Å². The SMILES string of the molecule is c1ccc(-c2ccc(N(c3cccc(-c4cccc5c4c4ccccc4n5-c4ccccc4)c3)c3cc4ccccc4c4ccccc34)cc2)cc1. The normalized spacial score (nSPS) is 11.5. The van der Waals surface area contributed by atoms with Crippen LogP contribution in [0.5, 0.6) is 0 Å². The van der Waals surface area contributed by atoms with E-state index in [1.165, 1.54) is 65.6 Å². The molecule has 1 heterocycles. The van der Waals surface area contributed by atoms with Crippen molar-refractivity contribution in [2.24, 2.45) is 0 Å². The summed E-state index contributed by atoms with van der Waals surface area (Å²) in [6.45, 7) is 0. The molecule has 0 bridgehead atoms. The van der Waals surface area contributed by atoms with Gasteiger partial charge in [0.15, 0.2) is 0 Å². The Kier molecular flexibility index (Phi) is 7.18. The van der Waals surface area contributed by atoms with Gasteiger partial charge in [-0.25, -0.2) is 0 Å². The van der Waals surface area contributed by atoms with Crippen LogP contribution in [0.4, 0.5) is 17.1 Å². The molecule has 0 saturated heterocycles. The van der Waals surface area contributed by atoms with Crippen LogP contribution in [0.15, 0.2) is 206 Å². The summed E-state index contributed by atoms with van der Waals surface area (Å²) in [4.78, 5) is 2.43. The lowest BCUT2D eigenvalue weighted by Crippen LogP contribution is -2.10. The van der Waals surface area contributed by atoms with E-state index in [9.17, 15) is 0 Å². The maximum absolute atomic E-state index is 2.43. The molecule has 0 radical (unpaired) electrons. The van der Waals surface area contributed by atoms with Gasteiger partial charge in [-0.3, -0.25) is 0 Å². The van der Waals surface area contributed by atoms with Gasteiger partial charge in [0, 0.05) is 33.2 Å². The van der Waals surface area contributed by atoms with Crippen LogP contribution in [0.25, 0.3) is 71.3 Å². The molecule has 0 atom stereocenters. The molecule has 10 rings (SSSR count). The Morgan fingerprint density at radius 2 is 0.942 bits per heavy atom. The molecular weight excluding hydrogens is 629 g/mol. The summed E-state index contributed by atoms with van der Waals surface area (Å²) in [5.74, 6) is 0. The molecule has 52 heavy (non-hydrogen) atoms. The van der Waals surface area contributed by atoms with Gasteiger partial charge in [-0.2, -0.15) is 0 Å². The fraction of sp³-hybridized carbons (Fsp3) is 0. The number of fused-ring (bicyclic) bond motifs is 6. The first-order valence-electron chi connectivity index (χ1n) is 17.9. The zero-order valence-electron chi connectivity index (χ0n) is 28.5. The summed E-state index contributed by atoms with van der Waals surface area (Å²) in [5, 5.41) is 7.45. The van der Waals surface area contributed by atoms with Crippen molar-refractivity contribution in [3.8, 4) is 27.9 Å². The second kappa shape index (κ2) is 12.5. The van der Waals surface area contributed by atoms with E-state index in [1.807, 2.05) is 0 Å². The average molecular weight is 663 g/mol. The second-order valence-corrected chi connectivity index (χ2v) is 13.3. The number of rotatable bonds is 6. The van der Waals surface area contributed by atoms with Crippen molar-refractivity contribution in [3.63, 3.8) is 0 Å². The summed E-state index contributed by atoms with van der Waals surface area (Å²) in [6, 6.07) is 74.7. The van der Waals surface area contributed by atoms with Gasteiger partial charge in [-0.15, -0.1) is 0 Å². The van der Waals surface area contributed by atoms with Crippen molar-refractivity contribution in [2.45, 2.75) is 0 Å². The Hall–Kier alpha value is -6.90. The Labute approximate surface area is 303 Å². The quantitative estimate of drug-likeness (QED) is 0.161. The molecule has 0 aliphatic carbocycles. The summed E-state index contributed by atoms with van der Waals surface area (Å²) in [5.41, 5.74) is 11.7. The van der Waals surface area contributed by atoms with Gasteiger partial charge in [-0.05, 0) is 93.0 Å². The molecule has 2 heteroatoms. The smallest absolute Gasteiger partial charge is 0.0547 e. The van der Waals surface area contributed by atoms with E-state index >= 15 is 0 Å². The molecule has 0 N–H and O–H groups in total. The van der Waals surface area contributed by atoms with Crippen LogP contribution in [-0.4, -0.2) is 4.57 Å². The summed E-state index contributed by atoms with van der Waals surface area (Å²) >= 11 is 0. The van der Waals surface area contributed by atoms with Crippen LogP contribution >= 0.6 is 0 Å². The van der Waals surface area contributed by atoms with E-state index in [0.29, 0.717) is 0 Å². The minimum absolute atomic E-state index is 1.11. The number of hydrogen-bond acceptors (Lipinski definition) is 1. The standard InChI is InChI=1S/C50H34N2/c1-3-15-35(16-4-1)36-29-31-40(32-30-36)51(49-34-38-17-7-8-22-42(38)44-23-9-10-24-45(44)49)41-21-13-18-37(33-41)43-26-14-28-48-50(43)46-25-11-12-27-47(46)52(48)39-19-5-2-6-20-39/h1-34H. The number of para-hydroxylation sites is 2. The van der Waals surface area contributed by atoms with E-state index < -0.39 is 0 Å². The molecule has 0 aliphatic rings. The molecule has 1 aromatic heterocycles. The number of nitrogens with zero attached hydrogens (tertiary/aromatic N) is 2. The predicted octanol–water partition coefficient (Wildman–Crippen LogP) is 13.9. The molecule has 0 amide bonds. The zero-order chi connectivity index (χ0) is 34.4. The average Bonchev–Trinajstić information content (AvgIpc) is 3.57. The van der Waals surface area contributed by atoms with Gasteiger partial charge in [0.2, 0.25) is 0 Å². The Bertz CT molecular complexity index is 2890. The zero-order valence-corrected chi connectivity index (χ0v) is 28.5. The van der Waals surface area contributed by atoms with Crippen LogP contribution in [0.3, 0.4) is 0 Å². The van der Waals surface area contributed by atoms with Crippen molar-refractivity contribution in [3.05, 3.63) is 206 Å². The highest BCUT2D eigenvalue weighted by Crippen LogP contribution is 2.44. The van der Waals surface area contributed by atoms with Gasteiger partial charge < -0.3 is 9.47 Å². The third kappa shape index (κ3) is 4.96. The number of aromatic nitrogens is 1. The summed E-state index contributed by atoms with van der Waals surface area (Å²) < 4.78 is 2.39. The lowest BCUT2D eigenvalue weighted by Gasteiger charge is -2.28. The van der Waals surface area contributed by atoms with E-state index in [2.05, 4.69) is 216 Å². The van der Waals surface area contributed by atoms with Gasteiger partial charge >= 0.3 is 0 Å². The minimum Gasteiger partial charge on any atom is -0.310 e. The molecule has 9 aromatic carbocycles. The van der Waals surface area contributed by atoms with Crippen LogP contribution in [0, 0.1) is 0 Å². The molecule has 2 nitrogen and oxygen atoms in total. The minimum atomic E-state index is 1.11. The lowest BCUT2D eigenvalue weighted by atomic mass is 9.97. The molecule has 0 unspecified atom stereocenters. The van der Waals surface area contributed by atoms with Gasteiger partial charge in [0.1, 0.15) is 0 Å². The summed E-state index contributed by atoms with van der Waals surface area (Å²) in [6.07, 6.45) is 0. The third-order valence-electron chi connectivity index (χ3n) is 10.3. The lowest BCUT2D eigenvalue weighted by molar-refractivity contribution is 1.18. The molecule has 0 fully saturated rings. The van der Waals surface area contributed by atoms with Gasteiger partial charge in [-0.1, -0.05) is 152 Å². The van der Waals surface area contributed by atoms with Crippen molar-refractivity contribution in [1.82, 2.24) is 4.57 Å². The molecule has 244 valence electrons. The van der Waals surface area contributed by atoms with Crippen molar-refractivity contribution >= 4 is 60.4 Å². The Balaban J connectivity index is 1.20. The van der Waals surface area contributed by atoms with E-state index in [-0.39, 0.29) is 0 Å². The van der Waals surface area contributed by atoms with Crippen LogP contribution in [0.2, 0.25) is 0 Å². The largest absolute Gasteiger partial charge is 0.310 e. The number of anilines is 3. The van der Waals surface area contributed by atoms with E-state index in [4.69, 9.17) is 0 Å². The van der Waals surface area contributed by atoms with Crippen molar-refractivity contribution in [2.75, 3.05) is 4.90 Å². The third-order valence-corrected chi connectivity index (χ3v) is 10.3. The van der Waals surface area contributed by atoms with Crippen LogP contribution < -0.4 is 4.90 Å². The predicted molar refractivity (Wildman–Crippen MR) is 221 cm³/mol. The Morgan fingerprint density at radius 3 is 1.75 bits per heavy atom. The second-order valence-electron chi connectivity index (χ2n) is 13.3. The maximum atomic E-state index is 2.43. The first kappa shape index (κ1) is 30.0. The molecule has 10 aromatic rings. The number of benzene rings is 9. The van der Waals surface area contributed by atoms with Gasteiger partial charge in [0.05, 0.1) is 16.7 Å². The van der Waals surface area contributed by atoms with Gasteiger partial charge in [0.25, 0.3) is 0 Å². The van der Waals surface area contributed by atoms with Crippen LogP contribution in [0.1, 0.15) is 0 Å². The first-order valence-corrected chi connectivity index (χ1v) is 17.9. The summed E-state index contributed by atoms with van der Waals surface area (Å²) in [7, 11) is 0. The topological polar surface area (TPSA) is 8.17 Å². The van der Waals surface area contributed by atoms with Crippen molar-refractivity contribution in [1.29, 1.82) is 0 Å². The highest BCUT2D eigenvalue weighted by atomic mass is 15.1. The molecule has 0 spiro atoms.